The van der Waals surface area contributed by atoms with Crippen LogP contribution >= 0.6 is 23.2 Å². The Labute approximate surface area is 126 Å². The molecular weight excluding hydrogens is 299 g/mol. The molecule has 0 radical (unpaired) electrons. The first-order chi connectivity index (χ1) is 9.58. The molecule has 0 saturated carbocycles. The minimum absolute atomic E-state index is 0.153. The van der Waals surface area contributed by atoms with Crippen molar-refractivity contribution in [2.24, 2.45) is 0 Å². The van der Waals surface area contributed by atoms with Gasteiger partial charge in [-0.05, 0) is 24.3 Å². The summed E-state index contributed by atoms with van der Waals surface area (Å²) in [6.07, 6.45) is 0. The number of carbonyl (C=O) groups excluding carboxylic acids is 1. The van der Waals surface area contributed by atoms with Crippen molar-refractivity contribution in [2.75, 3.05) is 10.6 Å². The Morgan fingerprint density at radius 3 is 2.35 bits per heavy atom. The zero-order chi connectivity index (χ0) is 14.5. The molecule has 0 atom stereocenters. The van der Waals surface area contributed by atoms with Crippen LogP contribution in [0, 0.1) is 0 Å². The average Bonchev–Trinajstić information content (AvgIpc) is 2.37. The van der Waals surface area contributed by atoms with Gasteiger partial charge in [0.05, 0.1) is 6.61 Å². The summed E-state index contributed by atoms with van der Waals surface area (Å²) < 4.78 is 0. The summed E-state index contributed by atoms with van der Waals surface area (Å²) in [5, 5.41) is 15.3. The minimum Gasteiger partial charge on any atom is -0.392 e. The fourth-order valence-electron chi connectivity index (χ4n) is 1.69. The summed E-state index contributed by atoms with van der Waals surface area (Å²) >= 11 is 11.7. The Balaban J connectivity index is 2.09. The average molecular weight is 311 g/mol. The highest BCUT2D eigenvalue weighted by atomic mass is 35.5. The molecular formula is C14H12Cl2N2O2. The molecule has 0 aromatic heterocycles. The molecule has 2 amide bonds. The molecule has 0 aliphatic carbocycles. The first-order valence-corrected chi connectivity index (χ1v) is 6.57. The molecule has 104 valence electrons. The van der Waals surface area contributed by atoms with Gasteiger partial charge in [-0.3, -0.25) is 0 Å². The predicted octanol–water partition coefficient (Wildman–Crippen LogP) is 4.13. The summed E-state index contributed by atoms with van der Waals surface area (Å²) in [7, 11) is 0. The number of rotatable bonds is 3. The first kappa shape index (κ1) is 14.7. The number of hydrogen-bond acceptors (Lipinski definition) is 2. The van der Waals surface area contributed by atoms with Crippen molar-refractivity contribution >= 4 is 40.6 Å². The van der Waals surface area contributed by atoms with Gasteiger partial charge in [-0.1, -0.05) is 41.4 Å². The van der Waals surface area contributed by atoms with Crippen LogP contribution in [0.1, 0.15) is 5.56 Å². The van der Waals surface area contributed by atoms with E-state index in [1.165, 1.54) is 0 Å². The molecule has 20 heavy (non-hydrogen) atoms. The van der Waals surface area contributed by atoms with Crippen LogP contribution in [0.15, 0.2) is 42.5 Å². The van der Waals surface area contributed by atoms with Crippen molar-refractivity contribution in [1.82, 2.24) is 0 Å². The molecule has 2 rings (SSSR count). The van der Waals surface area contributed by atoms with Gasteiger partial charge in [0.2, 0.25) is 0 Å². The standard InChI is InChI=1S/C14H12Cl2N2O2/c15-10-5-11(16)7-12(6-10)17-14(20)18-13-4-2-1-3-9(13)8-19/h1-7,19H,8H2,(H2,17,18,20). The lowest BCUT2D eigenvalue weighted by atomic mass is 10.2. The smallest absolute Gasteiger partial charge is 0.323 e. The van der Waals surface area contributed by atoms with Crippen molar-refractivity contribution in [3.05, 3.63) is 58.1 Å². The number of halogens is 2. The number of amides is 2. The van der Waals surface area contributed by atoms with Gasteiger partial charge in [0.15, 0.2) is 0 Å². The second kappa shape index (κ2) is 6.61. The number of para-hydroxylation sites is 1. The maximum Gasteiger partial charge on any atom is 0.323 e. The maximum atomic E-state index is 11.9. The van der Waals surface area contributed by atoms with Crippen molar-refractivity contribution in [3.8, 4) is 0 Å². The lowest BCUT2D eigenvalue weighted by Gasteiger charge is -2.11. The molecule has 0 saturated heterocycles. The largest absolute Gasteiger partial charge is 0.392 e. The molecule has 0 fully saturated rings. The second-order valence-electron chi connectivity index (χ2n) is 4.05. The predicted molar refractivity (Wildman–Crippen MR) is 81.5 cm³/mol. The normalized spacial score (nSPS) is 10.2. The van der Waals surface area contributed by atoms with Crippen molar-refractivity contribution in [3.63, 3.8) is 0 Å². The van der Waals surface area contributed by atoms with Gasteiger partial charge >= 0.3 is 6.03 Å². The third kappa shape index (κ3) is 3.87. The van der Waals surface area contributed by atoms with E-state index in [0.29, 0.717) is 27.0 Å². The molecule has 0 aliphatic heterocycles. The van der Waals surface area contributed by atoms with Crippen molar-refractivity contribution < 1.29 is 9.90 Å². The summed E-state index contributed by atoms with van der Waals surface area (Å²) in [6.45, 7) is -0.153. The van der Waals surface area contributed by atoms with Gasteiger partial charge in [-0.25, -0.2) is 4.79 Å². The zero-order valence-electron chi connectivity index (χ0n) is 10.4. The Morgan fingerprint density at radius 2 is 1.70 bits per heavy atom. The lowest BCUT2D eigenvalue weighted by molar-refractivity contribution is 0.262. The molecule has 0 spiro atoms. The van der Waals surface area contributed by atoms with E-state index in [2.05, 4.69) is 10.6 Å². The topological polar surface area (TPSA) is 61.4 Å². The Bertz CT molecular complexity index is 612. The number of urea groups is 1. The summed E-state index contributed by atoms with van der Waals surface area (Å²) in [5.41, 5.74) is 1.66. The van der Waals surface area contributed by atoms with E-state index in [-0.39, 0.29) is 6.61 Å². The number of aliphatic hydroxyl groups is 1. The second-order valence-corrected chi connectivity index (χ2v) is 4.93. The van der Waals surface area contributed by atoms with Crippen LogP contribution in [0.3, 0.4) is 0 Å². The number of benzene rings is 2. The number of anilines is 2. The van der Waals surface area contributed by atoms with E-state index in [1.54, 1.807) is 42.5 Å². The zero-order valence-corrected chi connectivity index (χ0v) is 11.9. The highest BCUT2D eigenvalue weighted by Gasteiger charge is 2.07. The molecule has 4 nitrogen and oxygen atoms in total. The molecule has 6 heteroatoms. The van der Waals surface area contributed by atoms with Crippen LogP contribution in [-0.4, -0.2) is 11.1 Å². The van der Waals surface area contributed by atoms with Crippen LogP contribution in [0.5, 0.6) is 0 Å². The lowest BCUT2D eigenvalue weighted by Crippen LogP contribution is -2.20. The maximum absolute atomic E-state index is 11.9. The van der Waals surface area contributed by atoms with Crippen molar-refractivity contribution in [1.29, 1.82) is 0 Å². The van der Waals surface area contributed by atoms with E-state index in [4.69, 9.17) is 23.2 Å². The fourth-order valence-corrected chi connectivity index (χ4v) is 2.22. The highest BCUT2D eigenvalue weighted by molar-refractivity contribution is 6.35. The summed E-state index contributed by atoms with van der Waals surface area (Å²) in [5.74, 6) is 0. The number of carbonyl (C=O) groups is 1. The van der Waals surface area contributed by atoms with Gasteiger partial charge in [-0.15, -0.1) is 0 Å². The van der Waals surface area contributed by atoms with Crippen LogP contribution in [0.25, 0.3) is 0 Å². The van der Waals surface area contributed by atoms with Crippen molar-refractivity contribution in [2.45, 2.75) is 6.61 Å². The van der Waals surface area contributed by atoms with Gasteiger partial charge in [0.1, 0.15) is 0 Å². The third-order valence-electron chi connectivity index (χ3n) is 2.56. The van der Waals surface area contributed by atoms with Gasteiger partial charge in [0, 0.05) is 27.0 Å². The Hall–Kier alpha value is -1.75. The monoisotopic (exact) mass is 310 g/mol. The third-order valence-corrected chi connectivity index (χ3v) is 2.99. The molecule has 2 aromatic carbocycles. The molecule has 0 heterocycles. The molecule has 0 aliphatic rings. The van der Waals surface area contributed by atoms with E-state index >= 15 is 0 Å². The number of hydrogen-bond donors (Lipinski definition) is 3. The van der Waals surface area contributed by atoms with E-state index in [0.717, 1.165) is 0 Å². The number of nitrogens with one attached hydrogen (secondary N) is 2. The summed E-state index contributed by atoms with van der Waals surface area (Å²) in [6, 6.07) is 11.3. The van der Waals surface area contributed by atoms with Crippen LogP contribution < -0.4 is 10.6 Å². The summed E-state index contributed by atoms with van der Waals surface area (Å²) in [4.78, 5) is 11.9. The molecule has 0 bridgehead atoms. The quantitative estimate of drug-likeness (QED) is 0.798. The number of aliphatic hydroxyl groups excluding tert-OH is 1. The Kier molecular flexibility index (Phi) is 4.84. The van der Waals surface area contributed by atoms with Gasteiger partial charge in [0.25, 0.3) is 0 Å². The fraction of sp³-hybridized carbons (Fsp3) is 0.0714. The van der Waals surface area contributed by atoms with Crippen LogP contribution in [0.4, 0.5) is 16.2 Å². The van der Waals surface area contributed by atoms with Crippen LogP contribution in [0.2, 0.25) is 10.0 Å². The minimum atomic E-state index is -0.441. The van der Waals surface area contributed by atoms with E-state index in [9.17, 15) is 9.90 Å². The van der Waals surface area contributed by atoms with Crippen LogP contribution in [-0.2, 0) is 6.61 Å². The molecule has 0 unspecified atom stereocenters. The Morgan fingerprint density at radius 1 is 1.05 bits per heavy atom. The van der Waals surface area contributed by atoms with E-state index < -0.39 is 6.03 Å². The SMILES string of the molecule is O=C(Nc1cc(Cl)cc(Cl)c1)Nc1ccccc1CO. The van der Waals surface area contributed by atoms with Gasteiger partial charge in [-0.2, -0.15) is 0 Å². The van der Waals surface area contributed by atoms with E-state index in [1.807, 2.05) is 0 Å². The highest BCUT2D eigenvalue weighted by Crippen LogP contribution is 2.23. The molecule has 3 N–H and O–H groups in total. The first-order valence-electron chi connectivity index (χ1n) is 5.81. The molecule has 2 aromatic rings. The van der Waals surface area contributed by atoms with Gasteiger partial charge < -0.3 is 15.7 Å².